The van der Waals surface area contributed by atoms with E-state index in [-0.39, 0.29) is 16.2 Å². The van der Waals surface area contributed by atoms with E-state index in [0.29, 0.717) is 24.1 Å². The van der Waals surface area contributed by atoms with Gasteiger partial charge in [-0.25, -0.2) is 8.42 Å². The van der Waals surface area contributed by atoms with E-state index in [9.17, 15) is 13.2 Å². The van der Waals surface area contributed by atoms with Crippen LogP contribution in [0.3, 0.4) is 0 Å². The molecule has 202 valence electrons. The van der Waals surface area contributed by atoms with Crippen molar-refractivity contribution in [2.75, 3.05) is 18.4 Å². The van der Waals surface area contributed by atoms with Crippen LogP contribution >= 0.6 is 0 Å². The van der Waals surface area contributed by atoms with Crippen molar-refractivity contribution in [3.63, 3.8) is 0 Å². The van der Waals surface area contributed by atoms with E-state index in [2.05, 4.69) is 47.8 Å². The summed E-state index contributed by atoms with van der Waals surface area (Å²) in [7, 11) is -3.48. The summed E-state index contributed by atoms with van der Waals surface area (Å²) in [6.45, 7) is 1.13. The summed E-state index contributed by atoms with van der Waals surface area (Å²) < 4.78 is 27.1. The highest BCUT2D eigenvalue weighted by Gasteiger charge is 2.58. The van der Waals surface area contributed by atoms with Crippen molar-refractivity contribution < 1.29 is 13.2 Å². The lowest BCUT2D eigenvalue weighted by atomic mass is 9.42. The van der Waals surface area contributed by atoms with Crippen LogP contribution in [-0.4, -0.2) is 31.7 Å². The summed E-state index contributed by atoms with van der Waals surface area (Å²) in [4.78, 5) is 13.2. The summed E-state index contributed by atoms with van der Waals surface area (Å²) in [5.41, 5.74) is 4.66. The average Bonchev–Trinajstić information content (AvgIpc) is 3.50. The van der Waals surface area contributed by atoms with Gasteiger partial charge in [0.15, 0.2) is 0 Å². The zero-order valence-corrected chi connectivity index (χ0v) is 23.1. The third-order valence-corrected chi connectivity index (χ3v) is 11.9. The Hall–Kier alpha value is -2.96. The number of sulfonamides is 1. The summed E-state index contributed by atoms with van der Waals surface area (Å²) in [6, 6.07) is 26.0. The second kappa shape index (κ2) is 9.31. The van der Waals surface area contributed by atoms with Gasteiger partial charge in [0.2, 0.25) is 10.0 Å². The van der Waals surface area contributed by atoms with Gasteiger partial charge in [-0.05, 0) is 122 Å². The molecule has 1 heterocycles. The van der Waals surface area contributed by atoms with Gasteiger partial charge in [-0.3, -0.25) is 4.79 Å². The molecule has 0 spiro atoms. The molecule has 0 aromatic heterocycles. The molecule has 1 saturated heterocycles. The molecule has 0 radical (unpaired) electrons. The topological polar surface area (TPSA) is 66.5 Å². The Balaban J connectivity index is 1.07. The smallest absolute Gasteiger partial charge is 0.255 e. The summed E-state index contributed by atoms with van der Waals surface area (Å²) in [6.07, 6.45) is 9.58. The predicted molar refractivity (Wildman–Crippen MR) is 153 cm³/mol. The van der Waals surface area contributed by atoms with Crippen molar-refractivity contribution in [3.8, 4) is 0 Å². The molecule has 1 N–H and O–H groups in total. The quantitative estimate of drug-likeness (QED) is 0.387. The van der Waals surface area contributed by atoms with E-state index in [4.69, 9.17) is 0 Å². The second-order valence-electron chi connectivity index (χ2n) is 12.6. The lowest BCUT2D eigenvalue weighted by molar-refractivity contribution is -0.0281. The third kappa shape index (κ3) is 4.33. The lowest BCUT2D eigenvalue weighted by Crippen LogP contribution is -2.55. The van der Waals surface area contributed by atoms with Crippen LogP contribution in [0.5, 0.6) is 0 Å². The Bertz CT molecular complexity index is 1460. The van der Waals surface area contributed by atoms with Gasteiger partial charge < -0.3 is 5.32 Å². The molecule has 1 amide bonds. The second-order valence-corrected chi connectivity index (χ2v) is 14.5. The molecular formula is C33H36N2O3S. The van der Waals surface area contributed by atoms with E-state index in [0.717, 1.165) is 30.4 Å². The molecule has 5 fully saturated rings. The minimum absolute atomic E-state index is 0.221. The van der Waals surface area contributed by atoms with Crippen molar-refractivity contribution in [1.29, 1.82) is 0 Å². The first-order valence-corrected chi connectivity index (χ1v) is 15.9. The van der Waals surface area contributed by atoms with E-state index in [1.807, 2.05) is 12.1 Å². The first kappa shape index (κ1) is 25.0. The zero-order chi connectivity index (χ0) is 26.7. The Morgan fingerprint density at radius 3 is 1.90 bits per heavy atom. The fourth-order valence-electron chi connectivity index (χ4n) is 8.70. The van der Waals surface area contributed by atoms with Crippen molar-refractivity contribution in [2.45, 2.75) is 67.1 Å². The highest BCUT2D eigenvalue weighted by Crippen LogP contribution is 2.66. The number of nitrogens with one attached hydrogen (secondary N) is 1. The number of hydrogen-bond acceptors (Lipinski definition) is 3. The van der Waals surface area contributed by atoms with Crippen molar-refractivity contribution in [2.24, 2.45) is 11.8 Å². The van der Waals surface area contributed by atoms with Crippen LogP contribution in [0.2, 0.25) is 0 Å². The highest BCUT2D eigenvalue weighted by atomic mass is 32.2. The van der Waals surface area contributed by atoms with E-state index in [1.54, 1.807) is 24.3 Å². The average molecular weight is 541 g/mol. The van der Waals surface area contributed by atoms with Crippen molar-refractivity contribution >= 4 is 21.6 Å². The number of carbonyl (C=O) groups is 1. The Morgan fingerprint density at radius 2 is 1.31 bits per heavy atom. The molecule has 39 heavy (non-hydrogen) atoms. The number of benzene rings is 3. The maximum absolute atomic E-state index is 13.0. The van der Waals surface area contributed by atoms with Gasteiger partial charge in [0.05, 0.1) is 4.90 Å². The Kier molecular flexibility index (Phi) is 5.98. The molecule has 3 aromatic rings. The normalized spacial score (nSPS) is 29.9. The number of nitrogens with zero attached hydrogens (tertiary/aromatic N) is 1. The summed E-state index contributed by atoms with van der Waals surface area (Å²) in [5, 5.41) is 3.01. The molecule has 2 unspecified atom stereocenters. The molecule has 8 rings (SSSR count). The van der Waals surface area contributed by atoms with Crippen LogP contribution in [0, 0.1) is 11.8 Å². The van der Waals surface area contributed by atoms with E-state index < -0.39 is 10.0 Å². The van der Waals surface area contributed by atoms with Crippen LogP contribution in [-0.2, 0) is 20.9 Å². The Labute approximate surface area is 231 Å². The lowest BCUT2D eigenvalue weighted by Gasteiger charge is -2.62. The van der Waals surface area contributed by atoms with Gasteiger partial charge in [-0.1, -0.05) is 42.5 Å². The minimum Gasteiger partial charge on any atom is -0.322 e. The van der Waals surface area contributed by atoms with Crippen LogP contribution in [0.4, 0.5) is 5.69 Å². The molecule has 6 heteroatoms. The van der Waals surface area contributed by atoms with Gasteiger partial charge in [0, 0.05) is 24.3 Å². The molecule has 5 aliphatic rings. The summed E-state index contributed by atoms with van der Waals surface area (Å²) in [5.74, 6) is 1.36. The minimum atomic E-state index is -3.48. The van der Waals surface area contributed by atoms with Crippen LogP contribution in [0.1, 0.15) is 72.9 Å². The monoisotopic (exact) mass is 540 g/mol. The first-order chi connectivity index (χ1) is 18.9. The van der Waals surface area contributed by atoms with Crippen LogP contribution in [0.25, 0.3) is 0 Å². The molecular weight excluding hydrogens is 504 g/mol. The largest absolute Gasteiger partial charge is 0.322 e. The van der Waals surface area contributed by atoms with Gasteiger partial charge >= 0.3 is 0 Å². The molecule has 1 aliphatic heterocycles. The first-order valence-electron chi connectivity index (χ1n) is 14.4. The van der Waals surface area contributed by atoms with Gasteiger partial charge in [0.1, 0.15) is 0 Å². The standard InChI is InChI=1S/C33H36N2O3S/c36-31(26-8-14-30(15-9-26)39(37,38)35-16-4-5-17-35)34-29-12-10-28(11-13-29)33-21-24-18-25(22-33)20-32(19-24,23-33)27-6-2-1-3-7-27/h1-3,6-15,24-25H,4-5,16-23H2,(H,34,36). The molecule has 2 atom stereocenters. The molecule has 3 aromatic carbocycles. The molecule has 4 bridgehead atoms. The van der Waals surface area contributed by atoms with E-state index in [1.165, 1.54) is 54.0 Å². The maximum Gasteiger partial charge on any atom is 0.255 e. The fraction of sp³-hybridized carbons (Fsp3) is 0.424. The van der Waals surface area contributed by atoms with E-state index >= 15 is 0 Å². The molecule has 5 nitrogen and oxygen atoms in total. The molecule has 4 aliphatic carbocycles. The number of rotatable bonds is 6. The van der Waals surface area contributed by atoms with Gasteiger partial charge in [-0.15, -0.1) is 0 Å². The SMILES string of the molecule is O=C(Nc1ccc(C23CC4CC(CC(c5ccccc5)(C4)C2)C3)cc1)c1ccc(S(=O)(=O)N2CCCC2)cc1. The van der Waals surface area contributed by atoms with Gasteiger partial charge in [-0.2, -0.15) is 4.31 Å². The maximum atomic E-state index is 13.0. The summed E-state index contributed by atoms with van der Waals surface area (Å²) >= 11 is 0. The number of amides is 1. The third-order valence-electron chi connectivity index (χ3n) is 10.0. The number of carbonyl (C=O) groups excluding carboxylic acids is 1. The predicted octanol–water partition coefficient (Wildman–Crippen LogP) is 6.51. The van der Waals surface area contributed by atoms with Crippen LogP contribution < -0.4 is 5.32 Å². The van der Waals surface area contributed by atoms with Crippen molar-refractivity contribution in [3.05, 3.63) is 95.6 Å². The van der Waals surface area contributed by atoms with Crippen LogP contribution in [0.15, 0.2) is 83.8 Å². The Morgan fingerprint density at radius 1 is 0.744 bits per heavy atom. The van der Waals surface area contributed by atoms with Gasteiger partial charge in [0.25, 0.3) is 5.91 Å². The van der Waals surface area contributed by atoms with Crippen molar-refractivity contribution in [1.82, 2.24) is 4.31 Å². The number of anilines is 1. The zero-order valence-electron chi connectivity index (χ0n) is 22.3. The number of hydrogen-bond donors (Lipinski definition) is 1. The molecule has 4 saturated carbocycles. The fourth-order valence-corrected chi connectivity index (χ4v) is 10.2. The highest BCUT2D eigenvalue weighted by molar-refractivity contribution is 7.89.